The van der Waals surface area contributed by atoms with Crippen molar-refractivity contribution >= 4 is 40.7 Å². The fourth-order valence-electron chi connectivity index (χ4n) is 0.970. The van der Waals surface area contributed by atoms with E-state index in [-0.39, 0.29) is 22.5 Å². The lowest BCUT2D eigenvalue weighted by atomic mass is 10.3. The average Bonchev–Trinajstić information content (AvgIpc) is 2.00. The molecule has 0 radical (unpaired) electrons. The van der Waals surface area contributed by atoms with Gasteiger partial charge in [-0.05, 0) is 13.8 Å². The van der Waals surface area contributed by atoms with Crippen LogP contribution in [0, 0.1) is 0 Å². The van der Waals surface area contributed by atoms with E-state index in [1.165, 1.54) is 0 Å². The Hall–Kier alpha value is 0.340. The first-order valence-corrected chi connectivity index (χ1v) is 5.50. The molecule has 2 nitrogen and oxygen atoms in total. The van der Waals surface area contributed by atoms with Crippen LogP contribution in [0.2, 0.25) is 0 Å². The van der Waals surface area contributed by atoms with Crippen LogP contribution >= 0.6 is 34.8 Å². The summed E-state index contributed by atoms with van der Waals surface area (Å²) in [5.41, 5.74) is 0. The van der Waals surface area contributed by atoms with E-state index in [4.69, 9.17) is 34.8 Å². The Kier molecular flexibility index (Phi) is 6.92. The summed E-state index contributed by atoms with van der Waals surface area (Å²) in [6.07, 6.45) is 0. The molecule has 0 aliphatic heterocycles. The van der Waals surface area contributed by atoms with Crippen molar-refractivity contribution < 1.29 is 4.79 Å². The van der Waals surface area contributed by atoms with Gasteiger partial charge < -0.3 is 4.90 Å². The Morgan fingerprint density at radius 2 is 1.62 bits per heavy atom. The van der Waals surface area contributed by atoms with Crippen LogP contribution in [-0.2, 0) is 4.79 Å². The maximum atomic E-state index is 11.3. The molecule has 0 aromatic carbocycles. The molecule has 13 heavy (non-hydrogen) atoms. The SMILES string of the molecule is C[C@H](Cl)CN(C[C@@H](C)Cl)C(=O)CCl. The van der Waals surface area contributed by atoms with E-state index >= 15 is 0 Å². The highest BCUT2D eigenvalue weighted by Crippen LogP contribution is 2.05. The average molecular weight is 247 g/mol. The smallest absolute Gasteiger partial charge is 0.237 e. The van der Waals surface area contributed by atoms with Gasteiger partial charge in [0.15, 0.2) is 0 Å². The summed E-state index contributed by atoms with van der Waals surface area (Å²) in [7, 11) is 0. The zero-order valence-corrected chi connectivity index (χ0v) is 10.0. The van der Waals surface area contributed by atoms with Gasteiger partial charge in [-0.25, -0.2) is 0 Å². The lowest BCUT2D eigenvalue weighted by molar-refractivity contribution is -0.128. The van der Waals surface area contributed by atoms with Crippen molar-refractivity contribution in [2.24, 2.45) is 0 Å². The molecule has 1 amide bonds. The van der Waals surface area contributed by atoms with Crippen LogP contribution in [0.4, 0.5) is 0 Å². The third-order valence-corrected chi connectivity index (χ3v) is 1.92. The Labute approximate surface area is 94.1 Å². The molecule has 0 fully saturated rings. The van der Waals surface area contributed by atoms with Gasteiger partial charge in [0.2, 0.25) is 5.91 Å². The minimum Gasteiger partial charge on any atom is -0.339 e. The molecule has 0 saturated heterocycles. The van der Waals surface area contributed by atoms with Gasteiger partial charge in [0.25, 0.3) is 0 Å². The number of hydrogen-bond acceptors (Lipinski definition) is 1. The van der Waals surface area contributed by atoms with E-state index in [1.807, 2.05) is 13.8 Å². The van der Waals surface area contributed by atoms with Gasteiger partial charge in [0.05, 0.1) is 0 Å². The summed E-state index contributed by atoms with van der Waals surface area (Å²) in [5.74, 6) is -0.144. The standard InChI is InChI=1S/C8H14Cl3NO/c1-6(10)4-12(5-7(2)11)8(13)3-9/h6-7H,3-5H2,1-2H3/t6-,7+. The Balaban J connectivity index is 4.10. The molecule has 2 atom stereocenters. The number of halogens is 3. The summed E-state index contributed by atoms with van der Waals surface area (Å²) in [6.45, 7) is 4.64. The van der Waals surface area contributed by atoms with Gasteiger partial charge in [0.1, 0.15) is 5.88 Å². The molecule has 0 N–H and O–H groups in total. The van der Waals surface area contributed by atoms with Crippen LogP contribution in [-0.4, -0.2) is 40.5 Å². The molecule has 0 aromatic heterocycles. The first kappa shape index (κ1) is 13.3. The highest BCUT2D eigenvalue weighted by molar-refractivity contribution is 6.27. The molecule has 0 aliphatic rings. The highest BCUT2D eigenvalue weighted by atomic mass is 35.5. The summed E-state index contributed by atoms with van der Waals surface area (Å²) in [6, 6.07) is 0. The number of amides is 1. The molecule has 0 heterocycles. The molecule has 0 aliphatic carbocycles. The van der Waals surface area contributed by atoms with E-state index in [2.05, 4.69) is 0 Å². The van der Waals surface area contributed by atoms with E-state index < -0.39 is 0 Å². The number of carbonyl (C=O) groups excluding carboxylic acids is 1. The van der Waals surface area contributed by atoms with Gasteiger partial charge in [0, 0.05) is 23.8 Å². The fourth-order valence-corrected chi connectivity index (χ4v) is 1.47. The second-order valence-corrected chi connectivity index (χ2v) is 4.75. The number of hydrogen-bond donors (Lipinski definition) is 0. The van der Waals surface area contributed by atoms with Crippen LogP contribution in [0.5, 0.6) is 0 Å². The number of rotatable bonds is 5. The zero-order chi connectivity index (χ0) is 10.4. The van der Waals surface area contributed by atoms with Gasteiger partial charge in [-0.15, -0.1) is 34.8 Å². The quantitative estimate of drug-likeness (QED) is 0.682. The molecule has 0 bridgehead atoms. The van der Waals surface area contributed by atoms with Crippen molar-refractivity contribution in [2.75, 3.05) is 19.0 Å². The van der Waals surface area contributed by atoms with E-state index in [0.29, 0.717) is 13.1 Å². The summed E-state index contributed by atoms with van der Waals surface area (Å²) in [4.78, 5) is 12.8. The number of nitrogens with zero attached hydrogens (tertiary/aromatic N) is 1. The molecule has 0 unspecified atom stereocenters. The number of alkyl halides is 3. The summed E-state index contributed by atoms with van der Waals surface area (Å²) < 4.78 is 0. The van der Waals surface area contributed by atoms with Crippen LogP contribution in [0.3, 0.4) is 0 Å². The topological polar surface area (TPSA) is 20.3 Å². The maximum absolute atomic E-state index is 11.3. The van der Waals surface area contributed by atoms with Crippen molar-refractivity contribution in [3.8, 4) is 0 Å². The Morgan fingerprint density at radius 3 is 1.85 bits per heavy atom. The zero-order valence-electron chi connectivity index (χ0n) is 7.77. The predicted molar refractivity (Wildman–Crippen MR) is 57.9 cm³/mol. The molecule has 5 heteroatoms. The highest BCUT2D eigenvalue weighted by Gasteiger charge is 2.16. The van der Waals surface area contributed by atoms with E-state index in [9.17, 15) is 4.79 Å². The van der Waals surface area contributed by atoms with Crippen molar-refractivity contribution in [1.82, 2.24) is 4.90 Å². The third kappa shape index (κ3) is 6.42. The van der Waals surface area contributed by atoms with E-state index in [0.717, 1.165) is 0 Å². The molecule has 0 rings (SSSR count). The molecule has 0 spiro atoms. The van der Waals surface area contributed by atoms with Gasteiger partial charge in [-0.1, -0.05) is 0 Å². The second-order valence-electron chi connectivity index (χ2n) is 2.99. The van der Waals surface area contributed by atoms with Crippen molar-refractivity contribution in [3.63, 3.8) is 0 Å². The summed E-state index contributed by atoms with van der Waals surface area (Å²) in [5, 5.41) is -0.162. The third-order valence-electron chi connectivity index (χ3n) is 1.41. The van der Waals surface area contributed by atoms with Crippen molar-refractivity contribution in [3.05, 3.63) is 0 Å². The first-order valence-electron chi connectivity index (χ1n) is 4.09. The predicted octanol–water partition coefficient (Wildman–Crippen LogP) is 2.31. The van der Waals surface area contributed by atoms with Crippen molar-refractivity contribution in [2.45, 2.75) is 24.6 Å². The van der Waals surface area contributed by atoms with Crippen molar-refractivity contribution in [1.29, 1.82) is 0 Å². The molecular weight excluding hydrogens is 232 g/mol. The van der Waals surface area contributed by atoms with Crippen LogP contribution in [0.1, 0.15) is 13.8 Å². The summed E-state index contributed by atoms with van der Waals surface area (Å²) >= 11 is 17.0. The molecular formula is C8H14Cl3NO. The maximum Gasteiger partial charge on any atom is 0.237 e. The Bertz CT molecular complexity index is 151. The monoisotopic (exact) mass is 245 g/mol. The fraction of sp³-hybridized carbons (Fsp3) is 0.875. The van der Waals surface area contributed by atoms with Gasteiger partial charge >= 0.3 is 0 Å². The van der Waals surface area contributed by atoms with Crippen LogP contribution in [0.15, 0.2) is 0 Å². The first-order chi connectivity index (χ1) is 5.97. The molecule has 78 valence electrons. The lowest BCUT2D eigenvalue weighted by Crippen LogP contribution is -2.39. The van der Waals surface area contributed by atoms with Crippen LogP contribution in [0.25, 0.3) is 0 Å². The molecule has 0 aromatic rings. The van der Waals surface area contributed by atoms with E-state index in [1.54, 1.807) is 4.90 Å². The minimum absolute atomic E-state index is 0.0206. The van der Waals surface area contributed by atoms with Gasteiger partial charge in [-0.3, -0.25) is 4.79 Å². The minimum atomic E-state index is -0.123. The number of carbonyl (C=O) groups is 1. The lowest BCUT2D eigenvalue weighted by Gasteiger charge is -2.23. The normalized spacial score (nSPS) is 15.2. The molecule has 0 saturated carbocycles. The van der Waals surface area contributed by atoms with Gasteiger partial charge in [-0.2, -0.15) is 0 Å². The second kappa shape index (κ2) is 6.74. The Morgan fingerprint density at radius 1 is 1.23 bits per heavy atom. The largest absolute Gasteiger partial charge is 0.339 e. The van der Waals surface area contributed by atoms with Crippen LogP contribution < -0.4 is 0 Å².